The van der Waals surface area contributed by atoms with Gasteiger partial charge in [0.05, 0.1) is 10.7 Å². The highest BCUT2D eigenvalue weighted by molar-refractivity contribution is 7.89. The van der Waals surface area contributed by atoms with E-state index in [2.05, 4.69) is 4.98 Å². The zero-order valence-corrected chi connectivity index (χ0v) is 12.6. The van der Waals surface area contributed by atoms with Crippen molar-refractivity contribution in [2.75, 3.05) is 13.1 Å². The minimum atomic E-state index is -3.62. The Balaban J connectivity index is 2.47. The molecule has 6 nitrogen and oxygen atoms in total. The van der Waals surface area contributed by atoms with Gasteiger partial charge in [0.25, 0.3) is 0 Å². The topological polar surface area (TPSA) is 100 Å². The zero-order chi connectivity index (χ0) is 15.5. The van der Waals surface area contributed by atoms with Gasteiger partial charge in [-0.2, -0.15) is 4.31 Å². The second-order valence-corrected chi connectivity index (χ2v) is 6.53. The summed E-state index contributed by atoms with van der Waals surface area (Å²) < 4.78 is 26.9. The van der Waals surface area contributed by atoms with Crippen LogP contribution in [0.25, 0.3) is 10.8 Å². The summed E-state index contributed by atoms with van der Waals surface area (Å²) in [6, 6.07) is 6.82. The average molecular weight is 306 g/mol. The molecule has 0 spiro atoms. The van der Waals surface area contributed by atoms with Crippen LogP contribution in [-0.2, 0) is 10.0 Å². The first kappa shape index (κ1) is 15.4. The lowest BCUT2D eigenvalue weighted by Gasteiger charge is -2.21. The number of pyridine rings is 1. The molecule has 0 unspecified atom stereocenters. The van der Waals surface area contributed by atoms with Crippen LogP contribution in [0.4, 0.5) is 0 Å². The molecule has 1 heterocycles. The summed E-state index contributed by atoms with van der Waals surface area (Å²) in [5, 5.41) is 8.68. The van der Waals surface area contributed by atoms with Crippen LogP contribution >= 0.6 is 0 Å². The van der Waals surface area contributed by atoms with E-state index in [0.29, 0.717) is 11.9 Å². The number of nitrogens with two attached hydrogens (primary N) is 1. The highest BCUT2D eigenvalue weighted by Gasteiger charge is 2.24. The number of aromatic nitrogens is 1. The van der Waals surface area contributed by atoms with Crippen molar-refractivity contribution < 1.29 is 8.42 Å². The van der Waals surface area contributed by atoms with Crippen LogP contribution in [0.5, 0.6) is 0 Å². The van der Waals surface area contributed by atoms with Crippen molar-refractivity contribution in [2.24, 2.45) is 5.73 Å². The maximum atomic E-state index is 12.8. The minimum absolute atomic E-state index is 0.0224. The Labute approximate surface area is 124 Å². The molecule has 0 radical (unpaired) electrons. The average Bonchev–Trinajstić information content (AvgIpc) is 2.46. The van der Waals surface area contributed by atoms with E-state index < -0.39 is 10.0 Å². The van der Waals surface area contributed by atoms with Gasteiger partial charge in [-0.3, -0.25) is 10.4 Å². The highest BCUT2D eigenvalue weighted by Crippen LogP contribution is 2.25. The van der Waals surface area contributed by atoms with Gasteiger partial charge in [0, 0.05) is 42.7 Å². The van der Waals surface area contributed by atoms with E-state index in [1.165, 1.54) is 4.31 Å². The molecule has 0 amide bonds. The Bertz CT molecular complexity index is 753. The molecule has 2 rings (SSSR count). The molecule has 0 aliphatic rings. The highest BCUT2D eigenvalue weighted by atomic mass is 32.2. The van der Waals surface area contributed by atoms with Crippen LogP contribution in [0, 0.1) is 5.41 Å². The van der Waals surface area contributed by atoms with Crippen molar-refractivity contribution in [3.63, 3.8) is 0 Å². The smallest absolute Gasteiger partial charge is 0.243 e. The number of nitrogens with zero attached hydrogens (tertiary/aromatic N) is 2. The maximum Gasteiger partial charge on any atom is 0.243 e. The zero-order valence-electron chi connectivity index (χ0n) is 11.8. The monoisotopic (exact) mass is 306 g/mol. The van der Waals surface area contributed by atoms with E-state index in [1.54, 1.807) is 37.5 Å². The third-order valence-electron chi connectivity index (χ3n) is 3.24. The Kier molecular flexibility index (Phi) is 4.54. The lowest BCUT2D eigenvalue weighted by atomic mass is 10.2. The third-order valence-corrected chi connectivity index (χ3v) is 5.27. The summed E-state index contributed by atoms with van der Waals surface area (Å²) in [4.78, 5) is 4.26. The molecule has 1 aromatic carbocycles. The molecule has 0 atom stereocenters. The van der Waals surface area contributed by atoms with E-state index >= 15 is 0 Å². The Morgan fingerprint density at radius 1 is 1.38 bits per heavy atom. The van der Waals surface area contributed by atoms with E-state index in [0.717, 1.165) is 5.39 Å². The van der Waals surface area contributed by atoms with Crippen molar-refractivity contribution in [3.8, 4) is 0 Å². The van der Waals surface area contributed by atoms with Gasteiger partial charge in [-0.1, -0.05) is 19.1 Å². The number of benzene rings is 1. The fourth-order valence-corrected chi connectivity index (χ4v) is 3.81. The van der Waals surface area contributed by atoms with E-state index in [-0.39, 0.29) is 23.7 Å². The van der Waals surface area contributed by atoms with Gasteiger partial charge in [-0.05, 0) is 12.1 Å². The lowest BCUT2D eigenvalue weighted by molar-refractivity contribution is 0.437. The van der Waals surface area contributed by atoms with Crippen molar-refractivity contribution in [3.05, 3.63) is 36.7 Å². The summed E-state index contributed by atoms with van der Waals surface area (Å²) in [5.74, 6) is -0.0224. The van der Waals surface area contributed by atoms with E-state index in [9.17, 15) is 8.42 Å². The van der Waals surface area contributed by atoms with E-state index in [1.807, 2.05) is 6.07 Å². The number of rotatable bonds is 6. The summed E-state index contributed by atoms with van der Waals surface area (Å²) >= 11 is 0. The normalized spacial score (nSPS) is 11.9. The van der Waals surface area contributed by atoms with Crippen LogP contribution in [0.1, 0.15) is 13.3 Å². The minimum Gasteiger partial charge on any atom is -0.388 e. The predicted octanol–water partition coefficient (Wildman–Crippen LogP) is 1.57. The fourth-order valence-electron chi connectivity index (χ4n) is 2.15. The molecule has 1 aromatic heterocycles. The molecule has 0 saturated carbocycles. The van der Waals surface area contributed by atoms with Gasteiger partial charge < -0.3 is 5.73 Å². The molecule has 112 valence electrons. The van der Waals surface area contributed by atoms with Crippen LogP contribution in [0.15, 0.2) is 41.6 Å². The molecule has 21 heavy (non-hydrogen) atoms. The van der Waals surface area contributed by atoms with Gasteiger partial charge in [0.15, 0.2) is 0 Å². The summed E-state index contributed by atoms with van der Waals surface area (Å²) in [5.41, 5.74) is 5.32. The standard InChI is InChI=1S/C14H18N4O2S/c1-2-18(9-7-14(15)16)21(19,20)13-5-3-4-11-10-17-8-6-12(11)13/h3-6,8,10H,2,7,9H2,1H3,(H3,15,16). The van der Waals surface area contributed by atoms with Crippen LogP contribution in [0.3, 0.4) is 0 Å². The summed E-state index contributed by atoms with van der Waals surface area (Å²) in [6.45, 7) is 2.30. The Hall–Kier alpha value is -1.99. The van der Waals surface area contributed by atoms with Crippen molar-refractivity contribution >= 4 is 26.6 Å². The summed E-state index contributed by atoms with van der Waals surface area (Å²) in [7, 11) is -3.62. The number of hydrogen-bond acceptors (Lipinski definition) is 4. The fraction of sp³-hybridized carbons (Fsp3) is 0.286. The first-order chi connectivity index (χ1) is 9.96. The van der Waals surface area contributed by atoms with Crippen molar-refractivity contribution in [1.82, 2.24) is 9.29 Å². The molecule has 0 aliphatic heterocycles. The van der Waals surface area contributed by atoms with Crippen LogP contribution < -0.4 is 5.73 Å². The Morgan fingerprint density at radius 3 is 2.81 bits per heavy atom. The number of fused-ring (bicyclic) bond motifs is 1. The second-order valence-electron chi connectivity index (χ2n) is 4.62. The van der Waals surface area contributed by atoms with Gasteiger partial charge in [0.1, 0.15) is 0 Å². The number of hydrogen-bond donors (Lipinski definition) is 2. The first-order valence-corrected chi connectivity index (χ1v) is 8.06. The van der Waals surface area contributed by atoms with Crippen molar-refractivity contribution in [1.29, 1.82) is 5.41 Å². The Morgan fingerprint density at radius 2 is 2.14 bits per heavy atom. The molecule has 0 aliphatic carbocycles. The van der Waals surface area contributed by atoms with Gasteiger partial charge in [-0.15, -0.1) is 0 Å². The molecule has 7 heteroatoms. The number of amidine groups is 1. The lowest BCUT2D eigenvalue weighted by Crippen LogP contribution is -2.33. The van der Waals surface area contributed by atoms with Gasteiger partial charge in [-0.25, -0.2) is 8.42 Å². The van der Waals surface area contributed by atoms with Gasteiger partial charge >= 0.3 is 0 Å². The maximum absolute atomic E-state index is 12.8. The van der Waals surface area contributed by atoms with E-state index in [4.69, 9.17) is 11.1 Å². The summed E-state index contributed by atoms with van der Waals surface area (Å²) in [6.07, 6.45) is 3.44. The first-order valence-electron chi connectivity index (χ1n) is 6.62. The predicted molar refractivity (Wildman–Crippen MR) is 82.7 cm³/mol. The molecule has 0 saturated heterocycles. The van der Waals surface area contributed by atoms with Crippen LogP contribution in [0.2, 0.25) is 0 Å². The quantitative estimate of drug-likeness (QED) is 0.625. The molecular weight excluding hydrogens is 288 g/mol. The number of nitrogens with one attached hydrogen (secondary N) is 1. The van der Waals surface area contributed by atoms with Crippen molar-refractivity contribution in [2.45, 2.75) is 18.2 Å². The third kappa shape index (κ3) is 3.20. The molecule has 2 aromatic rings. The molecule has 3 N–H and O–H groups in total. The van der Waals surface area contributed by atoms with Crippen LogP contribution in [-0.4, -0.2) is 36.6 Å². The molecule has 0 fully saturated rings. The largest absolute Gasteiger partial charge is 0.388 e. The number of sulfonamides is 1. The molecular formula is C14H18N4O2S. The van der Waals surface area contributed by atoms with Gasteiger partial charge in [0.2, 0.25) is 10.0 Å². The molecule has 0 bridgehead atoms. The SMILES string of the molecule is CCN(CCC(=N)N)S(=O)(=O)c1cccc2cnccc12. The second kappa shape index (κ2) is 6.19.